The summed E-state index contributed by atoms with van der Waals surface area (Å²) < 4.78 is 29.3. The zero-order valence-electron chi connectivity index (χ0n) is 11.3. The molecule has 1 aliphatic heterocycles. The van der Waals surface area contributed by atoms with Gasteiger partial charge in [-0.15, -0.1) is 0 Å². The summed E-state index contributed by atoms with van der Waals surface area (Å²) in [5.74, 6) is -0.232. The van der Waals surface area contributed by atoms with Crippen molar-refractivity contribution in [3.8, 4) is 0 Å². The molecule has 0 aromatic heterocycles. The van der Waals surface area contributed by atoms with Crippen LogP contribution in [0.1, 0.15) is 11.7 Å². The highest BCUT2D eigenvalue weighted by Crippen LogP contribution is 2.23. The first kappa shape index (κ1) is 14.4. The first-order valence-corrected chi connectivity index (χ1v) is 6.38. The van der Waals surface area contributed by atoms with Gasteiger partial charge in [-0.2, -0.15) is 0 Å². The Bertz CT molecular complexity index is 398. The smallest absolute Gasteiger partial charge is 0.169 e. The van der Waals surface area contributed by atoms with Crippen LogP contribution in [0.25, 0.3) is 0 Å². The molecule has 0 aliphatic carbocycles. The molecule has 0 N–H and O–H groups in total. The van der Waals surface area contributed by atoms with Crippen molar-refractivity contribution in [2.24, 2.45) is 0 Å². The molecule has 1 aromatic carbocycles. The van der Waals surface area contributed by atoms with E-state index in [-0.39, 0.29) is 18.2 Å². The molecule has 0 radical (unpaired) electrons. The van der Waals surface area contributed by atoms with Gasteiger partial charge in [-0.3, -0.25) is 4.90 Å². The largest absolute Gasteiger partial charge is 0.371 e. The molecule has 1 aromatic rings. The topological polar surface area (TPSA) is 30.9 Å². The Labute approximate surface area is 113 Å². The Morgan fingerprint density at radius 3 is 2.89 bits per heavy atom. The Hall–Kier alpha value is -1.01. The van der Waals surface area contributed by atoms with Crippen LogP contribution in [0.3, 0.4) is 0 Å². The zero-order chi connectivity index (χ0) is 13.7. The molecule has 0 spiro atoms. The summed E-state index contributed by atoms with van der Waals surface area (Å²) in [4.78, 5) is 2.21. The fourth-order valence-electron chi connectivity index (χ4n) is 2.23. The van der Waals surface area contributed by atoms with Gasteiger partial charge in [0, 0.05) is 33.9 Å². The lowest BCUT2D eigenvalue weighted by molar-refractivity contribution is -0.131. The molecule has 1 atom stereocenters. The lowest BCUT2D eigenvalue weighted by Crippen LogP contribution is -2.43. The monoisotopic (exact) mass is 269 g/mol. The minimum Gasteiger partial charge on any atom is -0.371 e. The van der Waals surface area contributed by atoms with Crippen molar-refractivity contribution in [3.05, 3.63) is 35.6 Å². The molecule has 0 saturated carbocycles. The molecule has 106 valence electrons. The van der Waals surface area contributed by atoms with Gasteiger partial charge < -0.3 is 14.2 Å². The Kier molecular flexibility index (Phi) is 5.27. The lowest BCUT2D eigenvalue weighted by Gasteiger charge is -2.34. The second-order valence-electron chi connectivity index (χ2n) is 4.57. The molecule has 0 bridgehead atoms. The van der Waals surface area contributed by atoms with Crippen LogP contribution < -0.4 is 0 Å². The summed E-state index contributed by atoms with van der Waals surface area (Å²) >= 11 is 0. The van der Waals surface area contributed by atoms with Gasteiger partial charge in [-0.25, -0.2) is 4.39 Å². The lowest BCUT2D eigenvalue weighted by atomic mass is 10.1. The molecule has 19 heavy (non-hydrogen) atoms. The van der Waals surface area contributed by atoms with Crippen LogP contribution in [0, 0.1) is 5.82 Å². The molecular weight excluding hydrogens is 249 g/mol. The first-order chi connectivity index (χ1) is 9.22. The molecule has 1 fully saturated rings. The number of methoxy groups -OCH3 is 2. The minimum absolute atomic E-state index is 0.0983. The number of ether oxygens (including phenoxy) is 3. The number of hydrogen-bond donors (Lipinski definition) is 0. The molecule has 2 rings (SSSR count). The highest BCUT2D eigenvalue weighted by atomic mass is 19.1. The van der Waals surface area contributed by atoms with E-state index in [4.69, 9.17) is 14.2 Å². The van der Waals surface area contributed by atoms with Crippen LogP contribution in [0.2, 0.25) is 0 Å². The fourth-order valence-corrected chi connectivity index (χ4v) is 2.23. The maximum atomic E-state index is 13.2. The SMILES string of the molecule is COC(CN1CCO[C@@H](c2cccc(F)c2)C1)OC. The normalized spacial score (nSPS) is 20.9. The number of rotatable bonds is 5. The number of morpholine rings is 1. The maximum Gasteiger partial charge on any atom is 0.169 e. The average Bonchev–Trinajstić information content (AvgIpc) is 2.45. The van der Waals surface area contributed by atoms with E-state index in [1.54, 1.807) is 20.3 Å². The Balaban J connectivity index is 1.97. The van der Waals surface area contributed by atoms with Gasteiger partial charge in [-0.1, -0.05) is 12.1 Å². The number of nitrogens with zero attached hydrogens (tertiary/aromatic N) is 1. The molecule has 5 heteroatoms. The predicted octanol–water partition coefficient (Wildman–Crippen LogP) is 1.82. The maximum absolute atomic E-state index is 13.2. The van der Waals surface area contributed by atoms with Gasteiger partial charge >= 0.3 is 0 Å². The van der Waals surface area contributed by atoms with Crippen LogP contribution >= 0.6 is 0 Å². The van der Waals surface area contributed by atoms with E-state index in [0.29, 0.717) is 19.7 Å². The van der Waals surface area contributed by atoms with Crippen molar-refractivity contribution in [2.75, 3.05) is 40.5 Å². The van der Waals surface area contributed by atoms with E-state index in [2.05, 4.69) is 4.90 Å². The summed E-state index contributed by atoms with van der Waals surface area (Å²) in [5, 5.41) is 0. The summed E-state index contributed by atoms with van der Waals surface area (Å²) in [6.07, 6.45) is -0.343. The van der Waals surface area contributed by atoms with E-state index in [0.717, 1.165) is 12.1 Å². The Morgan fingerprint density at radius 2 is 2.21 bits per heavy atom. The summed E-state index contributed by atoms with van der Waals surface area (Å²) in [7, 11) is 3.25. The van der Waals surface area contributed by atoms with Crippen LogP contribution in [-0.2, 0) is 14.2 Å². The van der Waals surface area contributed by atoms with E-state index < -0.39 is 0 Å². The van der Waals surface area contributed by atoms with Crippen molar-refractivity contribution < 1.29 is 18.6 Å². The molecule has 1 aliphatic rings. The minimum atomic E-state index is -0.244. The van der Waals surface area contributed by atoms with Gasteiger partial charge in [0.15, 0.2) is 6.29 Å². The highest BCUT2D eigenvalue weighted by Gasteiger charge is 2.24. The quantitative estimate of drug-likeness (QED) is 0.763. The molecule has 0 amide bonds. The Morgan fingerprint density at radius 1 is 1.42 bits per heavy atom. The number of halogens is 1. The third-order valence-electron chi connectivity index (χ3n) is 3.30. The van der Waals surface area contributed by atoms with Crippen molar-refractivity contribution in [1.29, 1.82) is 0 Å². The van der Waals surface area contributed by atoms with E-state index in [9.17, 15) is 4.39 Å². The molecule has 1 heterocycles. The second kappa shape index (κ2) is 6.96. The van der Waals surface area contributed by atoms with Crippen molar-refractivity contribution in [1.82, 2.24) is 4.90 Å². The van der Waals surface area contributed by atoms with Crippen LogP contribution in [0.15, 0.2) is 24.3 Å². The average molecular weight is 269 g/mol. The standard InChI is InChI=1S/C14H20FNO3/c1-17-14(18-2)10-16-6-7-19-13(9-16)11-4-3-5-12(15)8-11/h3-5,8,13-14H,6-7,9-10H2,1-2H3/t13-/m1/s1. The van der Waals surface area contributed by atoms with Crippen LogP contribution in [0.5, 0.6) is 0 Å². The zero-order valence-corrected chi connectivity index (χ0v) is 11.3. The second-order valence-corrected chi connectivity index (χ2v) is 4.57. The third-order valence-corrected chi connectivity index (χ3v) is 3.30. The van der Waals surface area contributed by atoms with E-state index in [1.165, 1.54) is 12.1 Å². The van der Waals surface area contributed by atoms with Gasteiger partial charge in [0.25, 0.3) is 0 Å². The number of hydrogen-bond acceptors (Lipinski definition) is 4. The molecular formula is C14H20FNO3. The summed E-state index contributed by atoms with van der Waals surface area (Å²) in [5.41, 5.74) is 0.871. The van der Waals surface area contributed by atoms with Crippen LogP contribution in [0.4, 0.5) is 4.39 Å². The summed E-state index contributed by atoms with van der Waals surface area (Å²) in [6, 6.07) is 6.57. The highest BCUT2D eigenvalue weighted by molar-refractivity contribution is 5.19. The van der Waals surface area contributed by atoms with Crippen LogP contribution in [-0.4, -0.2) is 51.7 Å². The number of benzene rings is 1. The van der Waals surface area contributed by atoms with Crippen molar-refractivity contribution in [3.63, 3.8) is 0 Å². The summed E-state index contributed by atoms with van der Waals surface area (Å²) in [6.45, 7) is 2.85. The molecule has 4 nitrogen and oxygen atoms in total. The molecule has 0 unspecified atom stereocenters. The van der Waals surface area contributed by atoms with Gasteiger partial charge in [0.1, 0.15) is 5.82 Å². The first-order valence-electron chi connectivity index (χ1n) is 6.38. The van der Waals surface area contributed by atoms with Gasteiger partial charge in [0.05, 0.1) is 12.7 Å². The molecule has 1 saturated heterocycles. The van der Waals surface area contributed by atoms with Crippen molar-refractivity contribution >= 4 is 0 Å². The fraction of sp³-hybridized carbons (Fsp3) is 0.571. The van der Waals surface area contributed by atoms with E-state index >= 15 is 0 Å². The third kappa shape index (κ3) is 3.98. The van der Waals surface area contributed by atoms with Gasteiger partial charge in [-0.05, 0) is 17.7 Å². The van der Waals surface area contributed by atoms with Gasteiger partial charge in [0.2, 0.25) is 0 Å². The van der Waals surface area contributed by atoms with Crippen molar-refractivity contribution in [2.45, 2.75) is 12.4 Å². The van der Waals surface area contributed by atoms with E-state index in [1.807, 2.05) is 6.07 Å². The predicted molar refractivity (Wildman–Crippen MR) is 69.3 cm³/mol.